The number of rotatable bonds is 4. The van der Waals surface area contributed by atoms with Crippen LogP contribution in [0.15, 0.2) is 36.1 Å². The van der Waals surface area contributed by atoms with Gasteiger partial charge in [0.15, 0.2) is 11.6 Å². The van der Waals surface area contributed by atoms with E-state index in [1.54, 1.807) is 23.6 Å². The molecule has 3 aromatic rings. The number of hydrogen-bond donors (Lipinski definition) is 1. The van der Waals surface area contributed by atoms with Gasteiger partial charge in [-0.15, -0.1) is 11.3 Å². The third-order valence-electron chi connectivity index (χ3n) is 2.95. The fourth-order valence-corrected chi connectivity index (χ4v) is 2.71. The van der Waals surface area contributed by atoms with Gasteiger partial charge in [0.1, 0.15) is 12.4 Å². The Kier molecular flexibility index (Phi) is 4.32. The number of amides is 1. The Hall–Kier alpha value is -2.76. The minimum absolute atomic E-state index is 0.188. The van der Waals surface area contributed by atoms with Crippen molar-refractivity contribution < 1.29 is 4.79 Å². The summed E-state index contributed by atoms with van der Waals surface area (Å²) in [5.41, 5.74) is 0.959. The molecule has 1 N–H and O–H groups in total. The smallest absolute Gasteiger partial charge is 0.252 e. The van der Waals surface area contributed by atoms with E-state index in [0.29, 0.717) is 27.1 Å². The molecule has 0 unspecified atom stereocenters. The van der Waals surface area contributed by atoms with E-state index in [9.17, 15) is 4.79 Å². The second-order valence-corrected chi connectivity index (χ2v) is 5.97. The van der Waals surface area contributed by atoms with Gasteiger partial charge in [0.2, 0.25) is 0 Å². The minimum Gasteiger partial charge on any atom is -0.345 e. The molecule has 0 saturated heterocycles. The van der Waals surface area contributed by atoms with Crippen molar-refractivity contribution in [1.82, 2.24) is 25.1 Å². The van der Waals surface area contributed by atoms with Crippen molar-refractivity contribution in [2.24, 2.45) is 0 Å². The summed E-state index contributed by atoms with van der Waals surface area (Å²) in [4.78, 5) is 20.3. The van der Waals surface area contributed by atoms with Crippen molar-refractivity contribution in [3.63, 3.8) is 0 Å². The van der Waals surface area contributed by atoms with Crippen LogP contribution in [-0.2, 0) is 6.54 Å². The summed E-state index contributed by atoms with van der Waals surface area (Å²) in [5.74, 6) is 0.802. The number of carbonyl (C=O) groups is 1. The normalized spacial score (nSPS) is 10.3. The summed E-state index contributed by atoms with van der Waals surface area (Å²) in [6.07, 6.45) is 2.83. The zero-order valence-electron chi connectivity index (χ0n) is 11.6. The van der Waals surface area contributed by atoms with E-state index in [1.807, 2.05) is 6.07 Å². The Morgan fingerprint density at radius 2 is 2.30 bits per heavy atom. The molecule has 1 amide bonds. The van der Waals surface area contributed by atoms with E-state index in [-0.39, 0.29) is 12.5 Å². The molecule has 9 heteroatoms. The Morgan fingerprint density at radius 1 is 1.43 bits per heavy atom. The van der Waals surface area contributed by atoms with Gasteiger partial charge in [-0.05, 0) is 18.2 Å². The molecule has 0 spiro atoms. The first-order chi connectivity index (χ1) is 11.2. The number of nitrogens with zero attached hydrogens (tertiary/aromatic N) is 5. The highest BCUT2D eigenvalue weighted by molar-refractivity contribution is 7.14. The summed E-state index contributed by atoms with van der Waals surface area (Å²) in [7, 11) is 0. The number of carbonyl (C=O) groups excluding carboxylic acids is 1. The third-order valence-corrected chi connectivity index (χ3v) is 4.04. The summed E-state index contributed by atoms with van der Waals surface area (Å²) < 4.78 is 2.06. The summed E-state index contributed by atoms with van der Waals surface area (Å²) in [6.45, 7) is 0.188. The second-order valence-electron chi connectivity index (χ2n) is 4.43. The largest absolute Gasteiger partial charge is 0.345 e. The predicted octanol–water partition coefficient (Wildman–Crippen LogP) is 2.18. The van der Waals surface area contributed by atoms with Crippen LogP contribution < -0.4 is 5.32 Å². The first kappa shape index (κ1) is 15.1. The number of halogens is 1. The minimum atomic E-state index is -0.240. The first-order valence-corrected chi connectivity index (χ1v) is 7.71. The molecule has 3 aromatic heterocycles. The molecular weight excluding hydrogens is 336 g/mol. The highest BCUT2D eigenvalue weighted by atomic mass is 35.5. The summed E-state index contributed by atoms with van der Waals surface area (Å²) in [5, 5.41) is 17.3. The zero-order valence-corrected chi connectivity index (χ0v) is 13.2. The molecule has 0 atom stereocenters. The lowest BCUT2D eigenvalue weighted by Crippen LogP contribution is -2.24. The maximum atomic E-state index is 12.0. The molecule has 3 rings (SSSR count). The number of hydrogen-bond acceptors (Lipinski definition) is 6. The van der Waals surface area contributed by atoms with Gasteiger partial charge in [0.25, 0.3) is 5.91 Å². The molecular formula is C14H9ClN6OS. The van der Waals surface area contributed by atoms with Gasteiger partial charge in [0, 0.05) is 11.6 Å². The van der Waals surface area contributed by atoms with E-state index in [2.05, 4.69) is 20.4 Å². The van der Waals surface area contributed by atoms with Crippen LogP contribution in [0.25, 0.3) is 5.82 Å². The third kappa shape index (κ3) is 3.36. The monoisotopic (exact) mass is 344 g/mol. The molecule has 0 bridgehead atoms. The second kappa shape index (κ2) is 6.56. The molecule has 0 saturated carbocycles. The Morgan fingerprint density at radius 3 is 2.96 bits per heavy atom. The lowest BCUT2D eigenvalue weighted by Gasteiger charge is -2.06. The highest BCUT2D eigenvalue weighted by Crippen LogP contribution is 2.19. The zero-order chi connectivity index (χ0) is 16.2. The molecule has 0 aliphatic heterocycles. The Bertz CT molecular complexity index is 879. The average Bonchev–Trinajstić information content (AvgIpc) is 3.21. The van der Waals surface area contributed by atoms with Crippen molar-refractivity contribution in [3.8, 4) is 11.9 Å². The van der Waals surface area contributed by atoms with Crippen LogP contribution in [0.1, 0.15) is 21.7 Å². The van der Waals surface area contributed by atoms with Crippen molar-refractivity contribution in [2.75, 3.05) is 0 Å². The van der Waals surface area contributed by atoms with E-state index >= 15 is 0 Å². The van der Waals surface area contributed by atoms with E-state index in [1.165, 1.54) is 28.5 Å². The number of pyridine rings is 1. The highest BCUT2D eigenvalue weighted by Gasteiger charge is 2.12. The van der Waals surface area contributed by atoms with Gasteiger partial charge in [-0.3, -0.25) is 4.79 Å². The molecule has 0 radical (unpaired) electrons. The lowest BCUT2D eigenvalue weighted by molar-refractivity contribution is 0.0950. The fraction of sp³-hybridized carbons (Fsp3) is 0.0714. The number of nitrogens with one attached hydrogen (secondary N) is 1. The van der Waals surface area contributed by atoms with E-state index in [4.69, 9.17) is 16.9 Å². The fourth-order valence-electron chi connectivity index (χ4n) is 1.85. The molecule has 3 heterocycles. The van der Waals surface area contributed by atoms with Crippen LogP contribution in [0, 0.1) is 11.3 Å². The van der Waals surface area contributed by atoms with Crippen molar-refractivity contribution in [2.45, 2.75) is 6.54 Å². The van der Waals surface area contributed by atoms with Crippen LogP contribution >= 0.6 is 22.9 Å². The predicted molar refractivity (Wildman–Crippen MR) is 84.4 cm³/mol. The van der Waals surface area contributed by atoms with Crippen LogP contribution in [0.4, 0.5) is 0 Å². The molecule has 0 aliphatic carbocycles. The van der Waals surface area contributed by atoms with Crippen molar-refractivity contribution in [3.05, 3.63) is 57.4 Å². The number of thiophene rings is 1. The first-order valence-electron chi connectivity index (χ1n) is 6.45. The average molecular weight is 345 g/mol. The van der Waals surface area contributed by atoms with Gasteiger partial charge in [-0.1, -0.05) is 11.6 Å². The Labute approximate surface area is 140 Å². The molecule has 23 heavy (non-hydrogen) atoms. The SMILES string of the molecule is N#Cc1ccc(-n2ncnc2CNC(=O)c2csc(Cl)c2)nc1. The summed E-state index contributed by atoms with van der Waals surface area (Å²) >= 11 is 7.11. The van der Waals surface area contributed by atoms with Gasteiger partial charge < -0.3 is 5.32 Å². The van der Waals surface area contributed by atoms with Gasteiger partial charge in [-0.2, -0.15) is 15.0 Å². The van der Waals surface area contributed by atoms with Gasteiger partial charge >= 0.3 is 0 Å². The Balaban J connectivity index is 1.73. The van der Waals surface area contributed by atoms with Crippen LogP contribution in [0.3, 0.4) is 0 Å². The van der Waals surface area contributed by atoms with Crippen molar-refractivity contribution in [1.29, 1.82) is 5.26 Å². The van der Waals surface area contributed by atoms with Gasteiger partial charge in [-0.25, -0.2) is 9.97 Å². The number of nitriles is 1. The molecule has 7 nitrogen and oxygen atoms in total. The standard InChI is InChI=1S/C14H9ClN6OS/c15-11-3-10(7-23-11)14(22)18-6-13-19-8-20-21(13)12-2-1-9(4-16)5-17-12/h1-3,5,7-8H,6H2,(H,18,22). The molecule has 0 aliphatic rings. The van der Waals surface area contributed by atoms with Crippen LogP contribution in [0.2, 0.25) is 4.34 Å². The summed E-state index contributed by atoms with van der Waals surface area (Å²) in [6, 6.07) is 6.91. The molecule has 0 fully saturated rings. The maximum Gasteiger partial charge on any atom is 0.252 e. The van der Waals surface area contributed by atoms with Crippen LogP contribution in [0.5, 0.6) is 0 Å². The lowest BCUT2D eigenvalue weighted by atomic mass is 10.3. The van der Waals surface area contributed by atoms with E-state index < -0.39 is 0 Å². The van der Waals surface area contributed by atoms with E-state index in [0.717, 1.165) is 0 Å². The quantitative estimate of drug-likeness (QED) is 0.782. The van der Waals surface area contributed by atoms with Crippen molar-refractivity contribution >= 4 is 28.8 Å². The van der Waals surface area contributed by atoms with Gasteiger partial charge in [0.05, 0.1) is 22.0 Å². The molecule has 114 valence electrons. The maximum absolute atomic E-state index is 12.0. The molecule has 0 aromatic carbocycles. The number of aromatic nitrogens is 4. The topological polar surface area (TPSA) is 96.5 Å². The van der Waals surface area contributed by atoms with Crippen LogP contribution in [-0.4, -0.2) is 25.7 Å².